The Labute approximate surface area is 162 Å². The molecule has 2 N–H and O–H groups in total. The van der Waals surface area contributed by atoms with Crippen LogP contribution in [0.3, 0.4) is 0 Å². The molecule has 146 valence electrons. The Balaban J connectivity index is 1.74. The standard InChI is InChI=1S/C20H23N5O3/c1-12-16-10-15(11-21-17(16)25(5)24-12)22-18(26)13-7-6-8-14(9-13)23-19(27)28-20(2,3)4/h6-11H,1-5H3,(H,22,26)(H,23,27). The fraction of sp³-hybridized carbons (Fsp3) is 0.300. The van der Waals surface area contributed by atoms with Gasteiger partial charge in [0.25, 0.3) is 5.91 Å². The van der Waals surface area contributed by atoms with Crippen LogP contribution in [0, 0.1) is 6.92 Å². The summed E-state index contributed by atoms with van der Waals surface area (Å²) in [5.41, 5.74) is 2.42. The average Bonchev–Trinajstić information content (AvgIpc) is 2.87. The Bertz CT molecular complexity index is 1050. The molecular weight excluding hydrogens is 358 g/mol. The van der Waals surface area contributed by atoms with Crippen LogP contribution in [0.1, 0.15) is 36.8 Å². The number of amides is 2. The largest absolute Gasteiger partial charge is 0.444 e. The summed E-state index contributed by atoms with van der Waals surface area (Å²) in [4.78, 5) is 28.9. The van der Waals surface area contributed by atoms with Crippen LogP contribution in [0.15, 0.2) is 36.5 Å². The van der Waals surface area contributed by atoms with Gasteiger partial charge in [0.2, 0.25) is 0 Å². The first kappa shape index (κ1) is 19.3. The number of fused-ring (bicyclic) bond motifs is 1. The molecular formula is C20H23N5O3. The SMILES string of the molecule is Cc1nn(C)c2ncc(NC(=O)c3cccc(NC(=O)OC(C)(C)C)c3)cc12. The molecule has 0 saturated carbocycles. The minimum absolute atomic E-state index is 0.310. The number of benzene rings is 1. The molecule has 3 aromatic rings. The van der Waals surface area contributed by atoms with Crippen LogP contribution in [-0.2, 0) is 11.8 Å². The molecule has 0 unspecified atom stereocenters. The van der Waals surface area contributed by atoms with Crippen LogP contribution in [-0.4, -0.2) is 32.4 Å². The van der Waals surface area contributed by atoms with E-state index >= 15 is 0 Å². The third kappa shape index (κ3) is 4.46. The quantitative estimate of drug-likeness (QED) is 0.717. The number of nitrogens with one attached hydrogen (secondary N) is 2. The zero-order valence-corrected chi connectivity index (χ0v) is 16.5. The molecule has 0 spiro atoms. The third-order valence-electron chi connectivity index (χ3n) is 3.89. The number of hydrogen-bond donors (Lipinski definition) is 2. The summed E-state index contributed by atoms with van der Waals surface area (Å²) in [6, 6.07) is 8.46. The van der Waals surface area contributed by atoms with E-state index in [-0.39, 0.29) is 5.91 Å². The summed E-state index contributed by atoms with van der Waals surface area (Å²) >= 11 is 0. The molecule has 0 radical (unpaired) electrons. The van der Waals surface area contributed by atoms with Gasteiger partial charge in [0.1, 0.15) is 5.60 Å². The van der Waals surface area contributed by atoms with E-state index in [1.54, 1.807) is 55.9 Å². The summed E-state index contributed by atoms with van der Waals surface area (Å²) in [5.74, 6) is -0.310. The number of hydrogen-bond acceptors (Lipinski definition) is 5. The summed E-state index contributed by atoms with van der Waals surface area (Å²) in [5, 5.41) is 10.6. The van der Waals surface area contributed by atoms with Crippen molar-refractivity contribution in [3.63, 3.8) is 0 Å². The van der Waals surface area contributed by atoms with Gasteiger partial charge in [-0.1, -0.05) is 6.07 Å². The Morgan fingerprint density at radius 2 is 1.86 bits per heavy atom. The first-order valence-corrected chi connectivity index (χ1v) is 8.83. The molecule has 2 aromatic heterocycles. The summed E-state index contributed by atoms with van der Waals surface area (Å²) < 4.78 is 6.92. The predicted octanol–water partition coefficient (Wildman–Crippen LogP) is 3.88. The maximum Gasteiger partial charge on any atom is 0.412 e. The highest BCUT2D eigenvalue weighted by molar-refractivity contribution is 6.05. The number of ether oxygens (including phenoxy) is 1. The van der Waals surface area contributed by atoms with E-state index in [2.05, 4.69) is 20.7 Å². The number of nitrogens with zero attached hydrogens (tertiary/aromatic N) is 3. The fourth-order valence-corrected chi connectivity index (χ4v) is 2.74. The van der Waals surface area contributed by atoms with Crippen molar-refractivity contribution in [3.05, 3.63) is 47.8 Å². The normalized spacial score (nSPS) is 11.3. The molecule has 8 heteroatoms. The van der Waals surface area contributed by atoms with E-state index < -0.39 is 11.7 Å². The first-order chi connectivity index (χ1) is 13.1. The Kier molecular flexibility index (Phi) is 5.04. The van der Waals surface area contributed by atoms with Crippen molar-refractivity contribution in [2.45, 2.75) is 33.3 Å². The highest BCUT2D eigenvalue weighted by Gasteiger charge is 2.17. The minimum atomic E-state index is -0.602. The minimum Gasteiger partial charge on any atom is -0.444 e. The second kappa shape index (κ2) is 7.30. The lowest BCUT2D eigenvalue weighted by Gasteiger charge is -2.19. The number of aryl methyl sites for hydroxylation is 2. The number of carbonyl (C=O) groups is 2. The maximum atomic E-state index is 12.6. The van der Waals surface area contributed by atoms with Gasteiger partial charge in [0.15, 0.2) is 5.65 Å². The Morgan fingerprint density at radius 1 is 1.11 bits per heavy atom. The fourth-order valence-electron chi connectivity index (χ4n) is 2.74. The molecule has 0 aliphatic heterocycles. The van der Waals surface area contributed by atoms with E-state index in [0.717, 1.165) is 16.7 Å². The van der Waals surface area contributed by atoms with Crippen molar-refractivity contribution < 1.29 is 14.3 Å². The molecule has 0 saturated heterocycles. The average molecular weight is 381 g/mol. The van der Waals surface area contributed by atoms with Gasteiger partial charge in [-0.2, -0.15) is 5.10 Å². The van der Waals surface area contributed by atoms with E-state index in [0.29, 0.717) is 16.9 Å². The van der Waals surface area contributed by atoms with Crippen LogP contribution >= 0.6 is 0 Å². The topological polar surface area (TPSA) is 98.1 Å². The molecule has 0 aliphatic rings. The number of pyridine rings is 1. The molecule has 0 atom stereocenters. The lowest BCUT2D eigenvalue weighted by Crippen LogP contribution is -2.27. The number of carbonyl (C=O) groups excluding carboxylic acids is 2. The zero-order chi connectivity index (χ0) is 20.5. The molecule has 2 amide bonds. The highest BCUT2D eigenvalue weighted by atomic mass is 16.6. The summed E-state index contributed by atoms with van der Waals surface area (Å²) in [6.45, 7) is 7.24. The molecule has 1 aromatic carbocycles. The van der Waals surface area contributed by atoms with E-state index in [4.69, 9.17) is 4.74 Å². The van der Waals surface area contributed by atoms with Gasteiger partial charge in [-0.15, -0.1) is 0 Å². The van der Waals surface area contributed by atoms with Crippen molar-refractivity contribution >= 4 is 34.4 Å². The molecule has 0 fully saturated rings. The highest BCUT2D eigenvalue weighted by Crippen LogP contribution is 2.20. The van der Waals surface area contributed by atoms with Crippen molar-refractivity contribution in [3.8, 4) is 0 Å². The second-order valence-electron chi connectivity index (χ2n) is 7.47. The van der Waals surface area contributed by atoms with Gasteiger partial charge in [0.05, 0.1) is 17.6 Å². The van der Waals surface area contributed by atoms with Crippen LogP contribution in [0.2, 0.25) is 0 Å². The van der Waals surface area contributed by atoms with Crippen LogP contribution in [0.5, 0.6) is 0 Å². The lowest BCUT2D eigenvalue weighted by molar-refractivity contribution is 0.0635. The molecule has 8 nitrogen and oxygen atoms in total. The van der Waals surface area contributed by atoms with Crippen molar-refractivity contribution in [2.24, 2.45) is 7.05 Å². The molecule has 3 rings (SSSR count). The van der Waals surface area contributed by atoms with Crippen molar-refractivity contribution in [2.75, 3.05) is 10.6 Å². The second-order valence-corrected chi connectivity index (χ2v) is 7.47. The van der Waals surface area contributed by atoms with Gasteiger partial charge in [0, 0.05) is 23.7 Å². The molecule has 0 bridgehead atoms. The number of aromatic nitrogens is 3. The molecule has 28 heavy (non-hydrogen) atoms. The number of anilines is 2. The Hall–Kier alpha value is -3.42. The first-order valence-electron chi connectivity index (χ1n) is 8.83. The summed E-state index contributed by atoms with van der Waals surface area (Å²) in [7, 11) is 1.82. The van der Waals surface area contributed by atoms with Crippen molar-refractivity contribution in [1.29, 1.82) is 0 Å². The van der Waals surface area contributed by atoms with Crippen LogP contribution < -0.4 is 10.6 Å². The van der Waals surface area contributed by atoms with Gasteiger partial charge < -0.3 is 10.1 Å². The third-order valence-corrected chi connectivity index (χ3v) is 3.89. The van der Waals surface area contributed by atoms with Gasteiger partial charge in [-0.25, -0.2) is 9.78 Å². The van der Waals surface area contributed by atoms with E-state index in [1.165, 1.54) is 0 Å². The van der Waals surface area contributed by atoms with Gasteiger partial charge >= 0.3 is 6.09 Å². The van der Waals surface area contributed by atoms with E-state index in [9.17, 15) is 9.59 Å². The molecule has 2 heterocycles. The Morgan fingerprint density at radius 3 is 2.57 bits per heavy atom. The zero-order valence-electron chi connectivity index (χ0n) is 16.5. The van der Waals surface area contributed by atoms with Gasteiger partial charge in [-0.3, -0.25) is 14.8 Å². The van der Waals surface area contributed by atoms with Crippen LogP contribution in [0.25, 0.3) is 11.0 Å². The summed E-state index contributed by atoms with van der Waals surface area (Å²) in [6.07, 6.45) is 1.01. The predicted molar refractivity (Wildman–Crippen MR) is 107 cm³/mol. The molecule has 0 aliphatic carbocycles. The number of rotatable bonds is 3. The van der Waals surface area contributed by atoms with Crippen LogP contribution in [0.4, 0.5) is 16.2 Å². The maximum absolute atomic E-state index is 12.6. The van der Waals surface area contributed by atoms with Crippen molar-refractivity contribution in [1.82, 2.24) is 14.8 Å². The monoisotopic (exact) mass is 381 g/mol. The lowest BCUT2D eigenvalue weighted by atomic mass is 10.2. The van der Waals surface area contributed by atoms with E-state index in [1.807, 2.05) is 20.0 Å². The smallest absolute Gasteiger partial charge is 0.412 e. The van der Waals surface area contributed by atoms with Gasteiger partial charge in [-0.05, 0) is 52.0 Å².